The lowest BCUT2D eigenvalue weighted by molar-refractivity contribution is 0.597. The predicted molar refractivity (Wildman–Crippen MR) is 55.6 cm³/mol. The number of hydrogen-bond donors (Lipinski definition) is 2. The Balaban J connectivity index is 2.93. The van der Waals surface area contributed by atoms with Gasteiger partial charge in [-0.05, 0) is 13.3 Å². The van der Waals surface area contributed by atoms with Crippen LogP contribution in [0.2, 0.25) is 0 Å². The molecule has 82 valence electrons. The van der Waals surface area contributed by atoms with Crippen LogP contribution in [-0.4, -0.2) is 23.9 Å². The molecule has 2 N–H and O–H groups in total. The first-order valence-corrected chi connectivity index (χ1v) is 5.99. The van der Waals surface area contributed by atoms with Gasteiger partial charge in [-0.1, -0.05) is 6.92 Å². The average molecular weight is 228 g/mol. The Bertz CT molecular complexity index is 471. The van der Waals surface area contributed by atoms with Crippen molar-refractivity contribution in [1.29, 1.82) is 5.26 Å². The Morgan fingerprint density at radius 3 is 2.93 bits per heavy atom. The van der Waals surface area contributed by atoms with Gasteiger partial charge in [0.2, 0.25) is 10.0 Å². The van der Waals surface area contributed by atoms with Crippen molar-refractivity contribution in [2.45, 2.75) is 25.5 Å². The molecule has 0 aliphatic rings. The third-order valence-corrected chi connectivity index (χ3v) is 3.52. The molecule has 1 rings (SSSR count). The van der Waals surface area contributed by atoms with Crippen LogP contribution in [0.4, 0.5) is 5.82 Å². The molecule has 0 radical (unpaired) electrons. The Labute approximate surface area is 88.4 Å². The summed E-state index contributed by atoms with van der Waals surface area (Å²) in [7, 11) is -3.65. The average Bonchev–Trinajstić information content (AvgIpc) is 2.63. The van der Waals surface area contributed by atoms with Gasteiger partial charge in [0.25, 0.3) is 0 Å². The fourth-order valence-electron chi connectivity index (χ4n) is 0.968. The first kappa shape index (κ1) is 11.5. The van der Waals surface area contributed by atoms with Gasteiger partial charge in [-0.15, -0.1) is 0 Å². The zero-order chi connectivity index (χ0) is 11.5. The van der Waals surface area contributed by atoms with Crippen LogP contribution in [0.25, 0.3) is 0 Å². The van der Waals surface area contributed by atoms with Crippen molar-refractivity contribution in [3.05, 3.63) is 11.8 Å². The second-order valence-corrected chi connectivity index (χ2v) is 5.04. The van der Waals surface area contributed by atoms with Crippen LogP contribution in [0, 0.1) is 11.3 Å². The van der Waals surface area contributed by atoms with Crippen molar-refractivity contribution in [2.24, 2.45) is 0 Å². The molecule has 6 nitrogen and oxygen atoms in total. The highest BCUT2D eigenvalue weighted by atomic mass is 32.2. The Morgan fingerprint density at radius 1 is 1.73 bits per heavy atom. The van der Waals surface area contributed by atoms with Gasteiger partial charge < -0.3 is 0 Å². The van der Waals surface area contributed by atoms with E-state index in [1.54, 1.807) is 12.3 Å². The third kappa shape index (κ3) is 2.47. The highest BCUT2D eigenvalue weighted by Gasteiger charge is 2.21. The topological polar surface area (TPSA) is 98.6 Å². The van der Waals surface area contributed by atoms with E-state index in [4.69, 9.17) is 5.26 Å². The lowest BCUT2D eigenvalue weighted by Gasteiger charge is -2.08. The zero-order valence-electron chi connectivity index (χ0n) is 8.48. The third-order valence-electron chi connectivity index (χ3n) is 1.99. The molecule has 0 bridgehead atoms. The molecule has 1 atom stereocenters. The Kier molecular flexibility index (Phi) is 3.31. The van der Waals surface area contributed by atoms with Crippen LogP contribution in [0.15, 0.2) is 6.20 Å². The monoisotopic (exact) mass is 228 g/mol. The van der Waals surface area contributed by atoms with Gasteiger partial charge in [-0.2, -0.15) is 10.4 Å². The number of nitrogens with zero attached hydrogens (tertiary/aromatic N) is 2. The summed E-state index contributed by atoms with van der Waals surface area (Å²) in [6.07, 6.45) is 2.21. The number of aryl methyl sites for hydroxylation is 1. The SMILES string of the molecule is CCc1cn[nH]c1NS(=O)(=O)C(C)C#N. The standard InChI is InChI=1S/C8H12N4O2S/c1-3-7-5-10-11-8(7)12-15(13,14)6(2)4-9/h5-6H,3H2,1-2H3,(H2,10,11,12). The Hall–Kier alpha value is -1.55. The lowest BCUT2D eigenvalue weighted by Crippen LogP contribution is -2.24. The lowest BCUT2D eigenvalue weighted by atomic mass is 10.3. The second kappa shape index (κ2) is 4.31. The highest BCUT2D eigenvalue weighted by Crippen LogP contribution is 2.14. The van der Waals surface area contributed by atoms with Gasteiger partial charge in [0.05, 0.1) is 12.3 Å². The molecule has 1 aromatic rings. The number of nitrogens with one attached hydrogen (secondary N) is 2. The zero-order valence-corrected chi connectivity index (χ0v) is 9.30. The van der Waals surface area contributed by atoms with Crippen molar-refractivity contribution in [2.75, 3.05) is 4.72 Å². The van der Waals surface area contributed by atoms with Crippen molar-refractivity contribution in [3.8, 4) is 6.07 Å². The van der Waals surface area contributed by atoms with Crippen LogP contribution in [-0.2, 0) is 16.4 Å². The van der Waals surface area contributed by atoms with E-state index in [-0.39, 0.29) is 0 Å². The normalized spacial score (nSPS) is 13.1. The molecular weight excluding hydrogens is 216 g/mol. The van der Waals surface area contributed by atoms with Crippen LogP contribution in [0.1, 0.15) is 19.4 Å². The molecule has 15 heavy (non-hydrogen) atoms. The number of nitriles is 1. The number of H-pyrrole nitrogens is 1. The molecule has 1 aromatic heterocycles. The maximum atomic E-state index is 11.5. The molecule has 1 heterocycles. The molecule has 0 saturated heterocycles. The van der Waals surface area contributed by atoms with E-state index in [1.165, 1.54) is 6.92 Å². The first-order chi connectivity index (χ1) is 7.01. The number of aromatic nitrogens is 2. The molecule has 0 aliphatic carbocycles. The molecule has 0 aliphatic heterocycles. The van der Waals surface area contributed by atoms with Gasteiger partial charge >= 0.3 is 0 Å². The second-order valence-electron chi connectivity index (χ2n) is 3.04. The molecule has 7 heteroatoms. The van der Waals surface area contributed by atoms with E-state index in [9.17, 15) is 8.42 Å². The molecule has 0 amide bonds. The molecular formula is C8H12N4O2S. The van der Waals surface area contributed by atoms with Crippen molar-refractivity contribution in [1.82, 2.24) is 10.2 Å². The maximum absolute atomic E-state index is 11.5. The predicted octanol–water partition coefficient (Wildman–Crippen LogP) is 0.626. The van der Waals surface area contributed by atoms with Crippen molar-refractivity contribution < 1.29 is 8.42 Å². The summed E-state index contributed by atoms with van der Waals surface area (Å²) in [5.74, 6) is 0.333. The quantitative estimate of drug-likeness (QED) is 0.789. The van der Waals surface area contributed by atoms with Gasteiger partial charge in [-0.25, -0.2) is 8.42 Å². The van der Waals surface area contributed by atoms with Gasteiger partial charge in [-0.3, -0.25) is 9.82 Å². The summed E-state index contributed by atoms with van der Waals surface area (Å²) in [6.45, 7) is 3.21. The van der Waals surface area contributed by atoms with Crippen molar-refractivity contribution in [3.63, 3.8) is 0 Å². The minimum absolute atomic E-state index is 0.333. The van der Waals surface area contributed by atoms with Gasteiger partial charge in [0.1, 0.15) is 5.82 Å². The maximum Gasteiger partial charge on any atom is 0.250 e. The summed E-state index contributed by atoms with van der Waals surface area (Å²) in [4.78, 5) is 0. The van der Waals surface area contributed by atoms with Crippen LogP contribution in [0.5, 0.6) is 0 Å². The summed E-state index contributed by atoms with van der Waals surface area (Å²) in [5, 5.41) is 13.7. The fourth-order valence-corrected chi connectivity index (χ4v) is 1.74. The van der Waals surface area contributed by atoms with E-state index in [1.807, 2.05) is 6.92 Å². The molecule has 0 saturated carbocycles. The number of hydrogen-bond acceptors (Lipinski definition) is 4. The summed E-state index contributed by atoms with van der Waals surface area (Å²) < 4.78 is 25.3. The Morgan fingerprint density at radius 2 is 2.40 bits per heavy atom. The fraction of sp³-hybridized carbons (Fsp3) is 0.500. The highest BCUT2D eigenvalue weighted by molar-refractivity contribution is 7.93. The number of rotatable bonds is 4. The van der Waals surface area contributed by atoms with Gasteiger partial charge in [0, 0.05) is 5.56 Å². The van der Waals surface area contributed by atoms with Crippen molar-refractivity contribution >= 4 is 15.8 Å². The van der Waals surface area contributed by atoms with E-state index >= 15 is 0 Å². The molecule has 0 fully saturated rings. The van der Waals surface area contributed by atoms with Crippen LogP contribution in [0.3, 0.4) is 0 Å². The molecule has 1 unspecified atom stereocenters. The largest absolute Gasteiger partial charge is 0.266 e. The molecule has 0 aromatic carbocycles. The first-order valence-electron chi connectivity index (χ1n) is 4.44. The minimum atomic E-state index is -3.65. The minimum Gasteiger partial charge on any atom is -0.266 e. The summed E-state index contributed by atoms with van der Waals surface area (Å²) >= 11 is 0. The number of anilines is 1. The van der Waals surface area contributed by atoms with Crippen LogP contribution < -0.4 is 4.72 Å². The van der Waals surface area contributed by atoms with Gasteiger partial charge in [0.15, 0.2) is 5.25 Å². The van der Waals surface area contributed by atoms with E-state index in [0.717, 1.165) is 5.56 Å². The number of aromatic amines is 1. The van der Waals surface area contributed by atoms with E-state index in [2.05, 4.69) is 14.9 Å². The van der Waals surface area contributed by atoms with Crippen LogP contribution >= 0.6 is 0 Å². The summed E-state index contributed by atoms with van der Waals surface area (Å²) in [6, 6.07) is 1.67. The smallest absolute Gasteiger partial charge is 0.250 e. The van der Waals surface area contributed by atoms with E-state index < -0.39 is 15.3 Å². The summed E-state index contributed by atoms with van der Waals surface area (Å²) in [5.41, 5.74) is 0.767. The molecule has 0 spiro atoms. The number of sulfonamides is 1. The van der Waals surface area contributed by atoms with E-state index in [0.29, 0.717) is 12.2 Å².